The average molecular weight is 275 g/mol. The maximum atomic E-state index is 9.37. The van der Waals surface area contributed by atoms with Gasteiger partial charge in [-0.3, -0.25) is 0 Å². The number of fused-ring (bicyclic) bond motifs is 1. The van der Waals surface area contributed by atoms with Crippen LogP contribution in [0.25, 0.3) is 0 Å². The molecule has 0 aliphatic carbocycles. The first kappa shape index (κ1) is 12.8. The Morgan fingerprint density at radius 3 is 2.10 bits per heavy atom. The maximum Gasteiger partial charge on any atom is 0.145 e. The molecular weight excluding hydrogens is 262 g/mol. The van der Waals surface area contributed by atoms with Crippen molar-refractivity contribution in [3.05, 3.63) is 66.0 Å². The summed E-state index contributed by atoms with van der Waals surface area (Å²) in [5.74, 6) is 0.724. The van der Waals surface area contributed by atoms with Crippen LogP contribution in [0, 0.1) is 11.3 Å². The van der Waals surface area contributed by atoms with Gasteiger partial charge in [0, 0.05) is 0 Å². The Bertz CT molecular complexity index is 742. The second-order valence-electron chi connectivity index (χ2n) is 4.49. The topological polar surface area (TPSA) is 86.2 Å². The summed E-state index contributed by atoms with van der Waals surface area (Å²) < 4.78 is 0. The van der Waals surface area contributed by atoms with Crippen molar-refractivity contribution >= 4 is 22.9 Å². The zero-order valence-electron chi connectivity index (χ0n) is 11.2. The molecule has 21 heavy (non-hydrogen) atoms. The lowest BCUT2D eigenvalue weighted by atomic mass is 10.2. The lowest BCUT2D eigenvalue weighted by Crippen LogP contribution is -2.19. The Kier molecular flexibility index (Phi) is 3.27. The van der Waals surface area contributed by atoms with E-state index in [2.05, 4.69) is 21.7 Å². The maximum absolute atomic E-state index is 9.37. The minimum Gasteiger partial charge on any atom is -0.382 e. The normalized spacial score (nSPS) is 12.9. The molecule has 3 rings (SSSR count). The number of nitrogens with zero attached hydrogens (tertiary/aromatic N) is 2. The summed E-state index contributed by atoms with van der Waals surface area (Å²) in [5, 5.41) is 15.6. The third-order valence-electron chi connectivity index (χ3n) is 3.07. The van der Waals surface area contributed by atoms with Crippen molar-refractivity contribution in [3.8, 4) is 6.07 Å². The fourth-order valence-corrected chi connectivity index (χ4v) is 2.07. The van der Waals surface area contributed by atoms with Crippen LogP contribution in [0.2, 0.25) is 0 Å². The Labute approximate surface area is 122 Å². The molecule has 0 radical (unpaired) electrons. The number of anilines is 2. The molecule has 0 amide bonds. The molecule has 0 aromatic heterocycles. The highest BCUT2D eigenvalue weighted by Gasteiger charge is 2.19. The third-order valence-corrected chi connectivity index (χ3v) is 3.07. The molecule has 2 aromatic rings. The molecule has 0 fully saturated rings. The van der Waals surface area contributed by atoms with Crippen molar-refractivity contribution in [1.82, 2.24) is 0 Å². The van der Waals surface area contributed by atoms with Crippen molar-refractivity contribution in [2.24, 2.45) is 10.7 Å². The molecule has 1 heterocycles. The minimum atomic E-state index is 0.173. The molecule has 1 aliphatic heterocycles. The largest absolute Gasteiger partial charge is 0.382 e. The molecule has 0 saturated carbocycles. The highest BCUT2D eigenvalue weighted by molar-refractivity contribution is 6.04. The predicted molar refractivity (Wildman–Crippen MR) is 84.1 cm³/mol. The van der Waals surface area contributed by atoms with Gasteiger partial charge in [0.25, 0.3) is 0 Å². The number of nitrogens with one attached hydrogen (secondary N) is 2. The van der Waals surface area contributed by atoms with Crippen molar-refractivity contribution in [1.29, 1.82) is 5.26 Å². The summed E-state index contributed by atoms with van der Waals surface area (Å²) >= 11 is 0. The lowest BCUT2D eigenvalue weighted by Gasteiger charge is -2.05. The van der Waals surface area contributed by atoms with Gasteiger partial charge in [-0.15, -0.1) is 0 Å². The Hall–Kier alpha value is -3.26. The van der Waals surface area contributed by atoms with Gasteiger partial charge in [-0.05, 0) is 24.3 Å². The first-order valence-electron chi connectivity index (χ1n) is 6.45. The summed E-state index contributed by atoms with van der Waals surface area (Å²) in [6.45, 7) is 0. The predicted octanol–water partition coefficient (Wildman–Crippen LogP) is 2.95. The molecular formula is C16H13N5. The monoisotopic (exact) mass is 275 g/mol. The Balaban J connectivity index is 1.95. The number of hydrogen-bond acceptors (Lipinski definition) is 4. The summed E-state index contributed by atoms with van der Waals surface area (Å²) in [4.78, 5) is 4.27. The van der Waals surface area contributed by atoms with Gasteiger partial charge >= 0.3 is 0 Å². The SMILES string of the molecule is N#CC(C(N)=Nc1ccccc1)=C1Nc2ccccc2N1. The smallest absolute Gasteiger partial charge is 0.145 e. The number of nitriles is 1. The molecule has 102 valence electrons. The molecule has 0 atom stereocenters. The zero-order chi connectivity index (χ0) is 14.7. The fourth-order valence-electron chi connectivity index (χ4n) is 2.07. The first-order valence-corrected chi connectivity index (χ1v) is 6.45. The number of nitrogens with two attached hydrogens (primary N) is 1. The number of hydrogen-bond donors (Lipinski definition) is 3. The van der Waals surface area contributed by atoms with Crippen LogP contribution in [-0.2, 0) is 0 Å². The summed E-state index contributed by atoms with van der Waals surface area (Å²) in [5.41, 5.74) is 8.78. The van der Waals surface area contributed by atoms with Gasteiger partial charge in [0.2, 0.25) is 0 Å². The highest BCUT2D eigenvalue weighted by atomic mass is 15.2. The van der Waals surface area contributed by atoms with E-state index in [-0.39, 0.29) is 11.4 Å². The van der Waals surface area contributed by atoms with Gasteiger partial charge in [0.15, 0.2) is 0 Å². The van der Waals surface area contributed by atoms with Crippen LogP contribution in [0.4, 0.5) is 17.1 Å². The van der Waals surface area contributed by atoms with E-state index in [4.69, 9.17) is 5.73 Å². The van der Waals surface area contributed by atoms with Gasteiger partial charge in [-0.25, -0.2) is 4.99 Å². The Morgan fingerprint density at radius 1 is 0.952 bits per heavy atom. The second kappa shape index (κ2) is 5.39. The van der Waals surface area contributed by atoms with E-state index in [1.807, 2.05) is 54.6 Å². The third kappa shape index (κ3) is 2.55. The molecule has 0 bridgehead atoms. The fraction of sp³-hybridized carbons (Fsp3) is 0. The molecule has 5 heteroatoms. The molecule has 0 spiro atoms. The minimum absolute atomic E-state index is 0.173. The van der Waals surface area contributed by atoms with Crippen LogP contribution in [0.1, 0.15) is 0 Å². The van der Waals surface area contributed by atoms with Crippen LogP contribution in [0.5, 0.6) is 0 Å². The van der Waals surface area contributed by atoms with E-state index < -0.39 is 0 Å². The van der Waals surface area contributed by atoms with E-state index in [0.29, 0.717) is 11.5 Å². The van der Waals surface area contributed by atoms with Gasteiger partial charge in [-0.2, -0.15) is 5.26 Å². The van der Waals surface area contributed by atoms with Gasteiger partial charge in [0.1, 0.15) is 23.3 Å². The van der Waals surface area contributed by atoms with Crippen LogP contribution < -0.4 is 16.4 Å². The van der Waals surface area contributed by atoms with E-state index in [9.17, 15) is 5.26 Å². The highest BCUT2D eigenvalue weighted by Crippen LogP contribution is 2.31. The number of rotatable bonds is 2. The summed E-state index contributed by atoms with van der Waals surface area (Å²) in [6, 6.07) is 19.1. The van der Waals surface area contributed by atoms with Crippen molar-refractivity contribution < 1.29 is 0 Å². The van der Waals surface area contributed by atoms with E-state index >= 15 is 0 Å². The van der Waals surface area contributed by atoms with Gasteiger partial charge < -0.3 is 16.4 Å². The van der Waals surface area contributed by atoms with Crippen molar-refractivity contribution in [2.45, 2.75) is 0 Å². The van der Waals surface area contributed by atoms with Gasteiger partial charge in [-0.1, -0.05) is 30.3 Å². The average Bonchev–Trinajstić information content (AvgIpc) is 2.92. The Morgan fingerprint density at radius 2 is 1.52 bits per heavy atom. The molecule has 0 saturated heterocycles. The summed E-state index contributed by atoms with van der Waals surface area (Å²) in [6.07, 6.45) is 0. The number of aliphatic imine (C=N–C) groups is 1. The van der Waals surface area contributed by atoms with Crippen LogP contribution in [-0.4, -0.2) is 5.84 Å². The zero-order valence-corrected chi connectivity index (χ0v) is 11.2. The molecule has 4 N–H and O–H groups in total. The molecule has 0 unspecified atom stereocenters. The van der Waals surface area contributed by atoms with E-state index in [0.717, 1.165) is 11.4 Å². The quantitative estimate of drug-likeness (QED) is 0.447. The summed E-state index contributed by atoms with van der Waals surface area (Å²) in [7, 11) is 0. The van der Waals surface area contributed by atoms with Crippen LogP contribution >= 0.6 is 0 Å². The number of amidine groups is 1. The van der Waals surface area contributed by atoms with E-state index in [1.165, 1.54) is 0 Å². The first-order chi connectivity index (χ1) is 10.3. The number of para-hydroxylation sites is 3. The molecule has 5 nitrogen and oxygen atoms in total. The molecule has 2 aromatic carbocycles. The van der Waals surface area contributed by atoms with Crippen LogP contribution in [0.3, 0.4) is 0 Å². The van der Waals surface area contributed by atoms with Crippen LogP contribution in [0.15, 0.2) is 71.0 Å². The lowest BCUT2D eigenvalue weighted by molar-refractivity contribution is 1.38. The second-order valence-corrected chi connectivity index (χ2v) is 4.49. The number of benzene rings is 2. The molecule has 1 aliphatic rings. The van der Waals surface area contributed by atoms with E-state index in [1.54, 1.807) is 0 Å². The van der Waals surface area contributed by atoms with Crippen molar-refractivity contribution in [3.63, 3.8) is 0 Å². The standard InChI is InChI=1S/C16H13N5/c17-10-12(15(18)19-11-6-2-1-3-7-11)16-20-13-8-4-5-9-14(13)21-16/h1-9,20-21H,(H2,18,19). The van der Waals surface area contributed by atoms with Crippen molar-refractivity contribution in [2.75, 3.05) is 10.6 Å². The van der Waals surface area contributed by atoms with Gasteiger partial charge in [0.05, 0.1) is 17.1 Å².